The second-order valence-corrected chi connectivity index (χ2v) is 6.40. The second kappa shape index (κ2) is 5.60. The van der Waals surface area contributed by atoms with Crippen molar-refractivity contribution in [1.29, 1.82) is 0 Å². The Bertz CT molecular complexity index is 307. The quantitative estimate of drug-likeness (QED) is 0.603. The molecule has 3 aliphatic rings. The summed E-state index contributed by atoms with van der Waals surface area (Å²) >= 11 is 0. The lowest BCUT2D eigenvalue weighted by molar-refractivity contribution is 0.182. The van der Waals surface area contributed by atoms with Crippen LogP contribution in [0.1, 0.15) is 57.8 Å². The van der Waals surface area contributed by atoms with E-state index in [4.69, 9.17) is 10.7 Å². The third-order valence-corrected chi connectivity index (χ3v) is 5.15. The fourth-order valence-corrected chi connectivity index (χ4v) is 4.04. The molecule has 3 nitrogen and oxygen atoms in total. The Morgan fingerprint density at radius 3 is 2.61 bits per heavy atom. The van der Waals surface area contributed by atoms with Gasteiger partial charge < -0.3 is 10.6 Å². The summed E-state index contributed by atoms with van der Waals surface area (Å²) in [4.78, 5) is 7.54. The highest BCUT2D eigenvalue weighted by Gasteiger charge is 2.31. The van der Waals surface area contributed by atoms with Crippen LogP contribution in [0.15, 0.2) is 4.99 Å². The largest absolute Gasteiger partial charge is 0.387 e. The van der Waals surface area contributed by atoms with Crippen LogP contribution in [-0.2, 0) is 0 Å². The van der Waals surface area contributed by atoms with Crippen molar-refractivity contribution in [3.8, 4) is 0 Å². The Hall–Kier alpha value is -0.570. The van der Waals surface area contributed by atoms with E-state index >= 15 is 0 Å². The van der Waals surface area contributed by atoms with Crippen LogP contribution in [0.4, 0.5) is 0 Å². The van der Waals surface area contributed by atoms with Crippen LogP contribution in [-0.4, -0.2) is 35.9 Å². The van der Waals surface area contributed by atoms with E-state index in [1.807, 2.05) is 0 Å². The lowest BCUT2D eigenvalue weighted by atomic mass is 9.88. The lowest BCUT2D eigenvalue weighted by Gasteiger charge is -2.33. The number of rotatable bonds is 2. The minimum absolute atomic E-state index is 0.520. The van der Waals surface area contributed by atoms with E-state index in [1.54, 1.807) is 0 Å². The van der Waals surface area contributed by atoms with Crippen molar-refractivity contribution < 1.29 is 0 Å². The van der Waals surface area contributed by atoms with Gasteiger partial charge >= 0.3 is 0 Å². The van der Waals surface area contributed by atoms with Crippen LogP contribution < -0.4 is 5.73 Å². The van der Waals surface area contributed by atoms with Gasteiger partial charge in [-0.05, 0) is 45.1 Å². The van der Waals surface area contributed by atoms with Gasteiger partial charge in [-0.1, -0.05) is 19.3 Å². The molecule has 18 heavy (non-hydrogen) atoms. The van der Waals surface area contributed by atoms with Gasteiger partial charge in [0, 0.05) is 18.5 Å². The van der Waals surface area contributed by atoms with Crippen LogP contribution >= 0.6 is 0 Å². The third-order valence-electron chi connectivity index (χ3n) is 5.15. The van der Waals surface area contributed by atoms with Gasteiger partial charge in [-0.2, -0.15) is 0 Å². The number of aliphatic imine (C=N–C) groups is 1. The van der Waals surface area contributed by atoms with Crippen LogP contribution in [0, 0.1) is 5.92 Å². The van der Waals surface area contributed by atoms with Gasteiger partial charge in [0.25, 0.3) is 0 Å². The molecular formula is C15H27N3. The highest BCUT2D eigenvalue weighted by Crippen LogP contribution is 2.29. The molecule has 0 radical (unpaired) electrons. The van der Waals surface area contributed by atoms with Crippen molar-refractivity contribution in [3.63, 3.8) is 0 Å². The van der Waals surface area contributed by atoms with Crippen LogP contribution in [0.25, 0.3) is 0 Å². The zero-order valence-corrected chi connectivity index (χ0v) is 11.5. The fraction of sp³-hybridized carbons (Fsp3) is 0.933. The van der Waals surface area contributed by atoms with Crippen LogP contribution in [0.3, 0.4) is 0 Å². The summed E-state index contributed by atoms with van der Waals surface area (Å²) in [5.74, 6) is 1.58. The summed E-state index contributed by atoms with van der Waals surface area (Å²) in [6.07, 6.45) is 11.9. The molecule has 0 aromatic heterocycles. The van der Waals surface area contributed by atoms with Gasteiger partial charge in [0.15, 0.2) is 0 Å². The maximum Gasteiger partial charge on any atom is 0.0971 e. The molecule has 0 aromatic carbocycles. The first-order valence-corrected chi connectivity index (χ1v) is 7.90. The average molecular weight is 249 g/mol. The SMILES string of the molecule is NC(=NC1CCN2CCCC2C1)C1CCCCC1. The van der Waals surface area contributed by atoms with E-state index in [0.717, 1.165) is 11.9 Å². The van der Waals surface area contributed by atoms with E-state index in [0.29, 0.717) is 12.0 Å². The first-order valence-electron chi connectivity index (χ1n) is 7.90. The van der Waals surface area contributed by atoms with Crippen molar-refractivity contribution in [2.24, 2.45) is 16.6 Å². The number of hydrogen-bond donors (Lipinski definition) is 1. The van der Waals surface area contributed by atoms with Gasteiger partial charge in [-0.3, -0.25) is 4.99 Å². The van der Waals surface area contributed by atoms with Crippen LogP contribution in [0.2, 0.25) is 0 Å². The molecule has 2 N–H and O–H groups in total. The first kappa shape index (κ1) is 12.5. The summed E-state index contributed by atoms with van der Waals surface area (Å²) in [6.45, 7) is 2.57. The Labute approximate surface area is 111 Å². The summed E-state index contributed by atoms with van der Waals surface area (Å²) in [5.41, 5.74) is 6.25. The molecule has 2 heterocycles. The number of amidine groups is 1. The Morgan fingerprint density at radius 1 is 0.944 bits per heavy atom. The summed E-state index contributed by atoms with van der Waals surface area (Å²) in [6, 6.07) is 1.33. The molecule has 3 fully saturated rings. The monoisotopic (exact) mass is 249 g/mol. The molecule has 1 aliphatic carbocycles. The van der Waals surface area contributed by atoms with Crippen molar-refractivity contribution in [2.45, 2.75) is 69.9 Å². The molecule has 1 saturated carbocycles. The molecular weight excluding hydrogens is 222 g/mol. The molecule has 2 aliphatic heterocycles. The van der Waals surface area contributed by atoms with Gasteiger partial charge in [0.05, 0.1) is 11.9 Å². The van der Waals surface area contributed by atoms with Crippen molar-refractivity contribution >= 4 is 5.84 Å². The molecule has 3 heteroatoms. The molecule has 2 saturated heterocycles. The number of nitrogens with two attached hydrogens (primary N) is 1. The van der Waals surface area contributed by atoms with E-state index in [1.165, 1.54) is 70.9 Å². The predicted octanol–water partition coefficient (Wildman–Crippen LogP) is 2.55. The molecule has 2 unspecified atom stereocenters. The zero-order valence-electron chi connectivity index (χ0n) is 11.5. The molecule has 2 atom stereocenters. The summed E-state index contributed by atoms with van der Waals surface area (Å²) < 4.78 is 0. The van der Waals surface area contributed by atoms with Gasteiger partial charge in [-0.15, -0.1) is 0 Å². The number of piperidine rings is 1. The highest BCUT2D eigenvalue weighted by molar-refractivity contribution is 5.83. The van der Waals surface area contributed by atoms with Gasteiger partial charge in [0.2, 0.25) is 0 Å². The van der Waals surface area contributed by atoms with Gasteiger partial charge in [-0.25, -0.2) is 0 Å². The number of hydrogen-bond acceptors (Lipinski definition) is 2. The van der Waals surface area contributed by atoms with Crippen molar-refractivity contribution in [1.82, 2.24) is 4.90 Å². The predicted molar refractivity (Wildman–Crippen MR) is 75.8 cm³/mol. The fourth-order valence-electron chi connectivity index (χ4n) is 4.04. The standard InChI is InChI=1S/C15H27N3/c16-15(12-5-2-1-3-6-12)17-13-8-10-18-9-4-7-14(18)11-13/h12-14H,1-11H2,(H2,16,17). The smallest absolute Gasteiger partial charge is 0.0971 e. The Kier molecular flexibility index (Phi) is 3.88. The Morgan fingerprint density at radius 2 is 1.78 bits per heavy atom. The minimum Gasteiger partial charge on any atom is -0.387 e. The molecule has 3 rings (SSSR count). The molecule has 0 amide bonds. The summed E-state index contributed by atoms with van der Waals surface area (Å²) in [7, 11) is 0. The number of fused-ring (bicyclic) bond motifs is 1. The number of nitrogens with zero attached hydrogens (tertiary/aromatic N) is 2. The van der Waals surface area contributed by atoms with E-state index in [9.17, 15) is 0 Å². The van der Waals surface area contributed by atoms with Gasteiger partial charge in [0.1, 0.15) is 0 Å². The maximum absolute atomic E-state index is 6.25. The van der Waals surface area contributed by atoms with E-state index < -0.39 is 0 Å². The third kappa shape index (κ3) is 2.71. The van der Waals surface area contributed by atoms with E-state index in [-0.39, 0.29) is 0 Å². The molecule has 102 valence electrons. The summed E-state index contributed by atoms with van der Waals surface area (Å²) in [5, 5.41) is 0. The highest BCUT2D eigenvalue weighted by atomic mass is 15.2. The molecule has 0 bridgehead atoms. The minimum atomic E-state index is 0.520. The second-order valence-electron chi connectivity index (χ2n) is 6.40. The van der Waals surface area contributed by atoms with E-state index in [2.05, 4.69) is 4.90 Å². The average Bonchev–Trinajstić information content (AvgIpc) is 2.87. The molecule has 0 aromatic rings. The Balaban J connectivity index is 1.57. The van der Waals surface area contributed by atoms with Crippen molar-refractivity contribution in [2.75, 3.05) is 13.1 Å². The van der Waals surface area contributed by atoms with Crippen molar-refractivity contribution in [3.05, 3.63) is 0 Å². The normalized spacial score (nSPS) is 35.7. The lowest BCUT2D eigenvalue weighted by Crippen LogP contribution is -2.40. The first-order chi connectivity index (χ1) is 8.83. The molecule has 0 spiro atoms. The topological polar surface area (TPSA) is 41.6 Å². The van der Waals surface area contributed by atoms with Crippen LogP contribution in [0.5, 0.6) is 0 Å². The maximum atomic E-state index is 6.25. The zero-order chi connectivity index (χ0) is 12.4.